The summed E-state index contributed by atoms with van der Waals surface area (Å²) in [6.45, 7) is 3.90. The lowest BCUT2D eigenvalue weighted by atomic mass is 10.3. The van der Waals surface area contributed by atoms with E-state index in [1.807, 2.05) is 0 Å². The molecule has 2 nitrogen and oxygen atoms in total. The van der Waals surface area contributed by atoms with Crippen LogP contribution < -0.4 is 0 Å². The van der Waals surface area contributed by atoms with E-state index in [1.165, 1.54) is 0 Å². The highest BCUT2D eigenvalue weighted by Gasteiger charge is 1.78. The summed E-state index contributed by atoms with van der Waals surface area (Å²) in [6, 6.07) is 0. The van der Waals surface area contributed by atoms with Gasteiger partial charge in [0.15, 0.2) is 0 Å². The van der Waals surface area contributed by atoms with Crippen molar-refractivity contribution < 1.29 is 10.1 Å². The lowest BCUT2D eigenvalue weighted by molar-refractivity contribution is -0.242. The Morgan fingerprint density at radius 1 is 1.71 bits per heavy atom. The molecule has 0 rings (SSSR count). The van der Waals surface area contributed by atoms with Crippen molar-refractivity contribution in [3.63, 3.8) is 0 Å². The maximum atomic E-state index is 7.76. The van der Waals surface area contributed by atoms with Crippen LogP contribution in [-0.2, 0) is 4.89 Å². The van der Waals surface area contributed by atoms with Gasteiger partial charge in [0.25, 0.3) is 0 Å². The Labute approximate surface area is 43.3 Å². The van der Waals surface area contributed by atoms with Crippen LogP contribution in [0.15, 0.2) is 12.7 Å². The third-order valence-corrected chi connectivity index (χ3v) is 0.644. The van der Waals surface area contributed by atoms with Crippen LogP contribution in [0.3, 0.4) is 0 Å². The second-order valence-corrected chi connectivity index (χ2v) is 1.26. The molecule has 0 saturated carbocycles. The molecule has 0 aliphatic rings. The summed E-state index contributed by atoms with van der Waals surface area (Å²) in [6.07, 6.45) is 3.54. The van der Waals surface area contributed by atoms with Crippen LogP contribution in [0.5, 0.6) is 0 Å². The molecule has 0 aromatic heterocycles. The molecule has 0 spiro atoms. The Morgan fingerprint density at radius 3 is 2.86 bits per heavy atom. The SMILES string of the molecule is C=CCCCOO. The summed E-state index contributed by atoms with van der Waals surface area (Å²) < 4.78 is 0. The van der Waals surface area contributed by atoms with Crippen molar-refractivity contribution in [1.82, 2.24) is 0 Å². The predicted molar refractivity (Wildman–Crippen MR) is 28.0 cm³/mol. The fraction of sp³-hybridized carbons (Fsp3) is 0.600. The van der Waals surface area contributed by atoms with E-state index in [9.17, 15) is 0 Å². The van der Waals surface area contributed by atoms with Crippen molar-refractivity contribution in [3.8, 4) is 0 Å². The molecule has 0 fully saturated rings. The molecule has 0 bridgehead atoms. The largest absolute Gasteiger partial charge is 0.252 e. The lowest BCUT2D eigenvalue weighted by Crippen LogP contribution is -1.85. The Morgan fingerprint density at radius 2 is 2.43 bits per heavy atom. The van der Waals surface area contributed by atoms with Gasteiger partial charge >= 0.3 is 0 Å². The van der Waals surface area contributed by atoms with E-state index >= 15 is 0 Å². The highest BCUT2D eigenvalue weighted by atomic mass is 17.1. The first kappa shape index (κ1) is 6.66. The Balaban J connectivity index is 2.56. The van der Waals surface area contributed by atoms with E-state index in [4.69, 9.17) is 5.26 Å². The van der Waals surface area contributed by atoms with Crippen LogP contribution in [0.2, 0.25) is 0 Å². The van der Waals surface area contributed by atoms with E-state index in [0.717, 1.165) is 12.8 Å². The van der Waals surface area contributed by atoms with Gasteiger partial charge in [0.1, 0.15) is 0 Å². The topological polar surface area (TPSA) is 29.5 Å². The van der Waals surface area contributed by atoms with Crippen LogP contribution in [0.4, 0.5) is 0 Å². The van der Waals surface area contributed by atoms with Gasteiger partial charge in [-0.15, -0.1) is 6.58 Å². The number of hydrogen-bond donors (Lipinski definition) is 1. The average Bonchev–Trinajstić information content (AvgIpc) is 1.69. The molecule has 0 saturated heterocycles. The zero-order valence-electron chi connectivity index (χ0n) is 4.26. The third kappa shape index (κ3) is 5.66. The Hall–Kier alpha value is -0.340. The summed E-state index contributed by atoms with van der Waals surface area (Å²) in [4.78, 5) is 3.80. The van der Waals surface area contributed by atoms with Gasteiger partial charge in [-0.05, 0) is 12.8 Å². The Kier molecular flexibility index (Phi) is 5.39. The highest BCUT2D eigenvalue weighted by Crippen LogP contribution is 1.86. The molecule has 0 atom stereocenters. The zero-order valence-corrected chi connectivity index (χ0v) is 4.26. The minimum absolute atomic E-state index is 0.409. The normalized spacial score (nSPS) is 8.71. The van der Waals surface area contributed by atoms with Crippen molar-refractivity contribution in [2.75, 3.05) is 6.61 Å². The average molecular weight is 102 g/mol. The van der Waals surface area contributed by atoms with E-state index in [0.29, 0.717) is 6.61 Å². The van der Waals surface area contributed by atoms with Crippen molar-refractivity contribution in [2.24, 2.45) is 0 Å². The summed E-state index contributed by atoms with van der Waals surface area (Å²) in [5, 5.41) is 7.76. The van der Waals surface area contributed by atoms with Crippen molar-refractivity contribution in [3.05, 3.63) is 12.7 Å². The fourth-order valence-electron chi connectivity index (χ4n) is 0.292. The molecule has 0 unspecified atom stereocenters. The number of unbranched alkanes of at least 4 members (excludes halogenated alkanes) is 1. The standard InChI is InChI=1S/C5H10O2/c1-2-3-4-5-7-6/h2,6H,1,3-5H2. The Bertz CT molecular complexity index is 43.3. The van der Waals surface area contributed by atoms with Gasteiger partial charge < -0.3 is 0 Å². The van der Waals surface area contributed by atoms with Crippen LogP contribution in [0.25, 0.3) is 0 Å². The molecule has 1 N–H and O–H groups in total. The molecule has 0 aliphatic heterocycles. The molecule has 0 aromatic carbocycles. The minimum Gasteiger partial charge on any atom is -0.252 e. The van der Waals surface area contributed by atoms with Crippen molar-refractivity contribution >= 4 is 0 Å². The zero-order chi connectivity index (χ0) is 5.54. The van der Waals surface area contributed by atoms with Gasteiger partial charge in [0, 0.05) is 0 Å². The second kappa shape index (κ2) is 5.66. The van der Waals surface area contributed by atoms with E-state index in [2.05, 4.69) is 11.5 Å². The van der Waals surface area contributed by atoms with Crippen LogP contribution >= 0.6 is 0 Å². The monoisotopic (exact) mass is 102 g/mol. The summed E-state index contributed by atoms with van der Waals surface area (Å²) >= 11 is 0. The number of hydrogen-bond acceptors (Lipinski definition) is 2. The summed E-state index contributed by atoms with van der Waals surface area (Å²) in [5.41, 5.74) is 0. The smallest absolute Gasteiger partial charge is 0.0822 e. The molecule has 42 valence electrons. The molecule has 0 aromatic rings. The third-order valence-electron chi connectivity index (χ3n) is 0.644. The molecule has 0 amide bonds. The van der Waals surface area contributed by atoms with E-state index in [-0.39, 0.29) is 0 Å². The van der Waals surface area contributed by atoms with E-state index in [1.54, 1.807) is 6.08 Å². The quantitative estimate of drug-likeness (QED) is 0.252. The van der Waals surface area contributed by atoms with Gasteiger partial charge in [0.2, 0.25) is 0 Å². The number of allylic oxidation sites excluding steroid dienone is 1. The van der Waals surface area contributed by atoms with Gasteiger partial charge in [-0.25, -0.2) is 4.89 Å². The number of rotatable bonds is 4. The first-order chi connectivity index (χ1) is 3.41. The molecule has 7 heavy (non-hydrogen) atoms. The van der Waals surface area contributed by atoms with Gasteiger partial charge in [-0.1, -0.05) is 6.08 Å². The van der Waals surface area contributed by atoms with Gasteiger partial charge in [0.05, 0.1) is 6.61 Å². The van der Waals surface area contributed by atoms with E-state index < -0.39 is 0 Å². The van der Waals surface area contributed by atoms with Crippen molar-refractivity contribution in [1.29, 1.82) is 0 Å². The minimum atomic E-state index is 0.409. The summed E-state index contributed by atoms with van der Waals surface area (Å²) in [7, 11) is 0. The van der Waals surface area contributed by atoms with Crippen LogP contribution in [0, 0.1) is 0 Å². The molecule has 0 aliphatic carbocycles. The lowest BCUT2D eigenvalue weighted by Gasteiger charge is -1.88. The first-order valence-electron chi connectivity index (χ1n) is 2.29. The molecule has 0 heterocycles. The molecular weight excluding hydrogens is 92.1 g/mol. The first-order valence-corrected chi connectivity index (χ1v) is 2.29. The maximum absolute atomic E-state index is 7.76. The molecule has 2 heteroatoms. The van der Waals surface area contributed by atoms with Crippen LogP contribution in [-0.4, -0.2) is 11.9 Å². The molecular formula is C5H10O2. The van der Waals surface area contributed by atoms with Crippen molar-refractivity contribution in [2.45, 2.75) is 12.8 Å². The maximum Gasteiger partial charge on any atom is 0.0822 e. The van der Waals surface area contributed by atoms with Crippen LogP contribution in [0.1, 0.15) is 12.8 Å². The second-order valence-electron chi connectivity index (χ2n) is 1.26. The van der Waals surface area contributed by atoms with Gasteiger partial charge in [-0.3, -0.25) is 5.26 Å². The summed E-state index contributed by atoms with van der Waals surface area (Å²) in [5.74, 6) is 0. The highest BCUT2D eigenvalue weighted by molar-refractivity contribution is 4.64. The molecule has 0 radical (unpaired) electrons. The van der Waals surface area contributed by atoms with Gasteiger partial charge in [-0.2, -0.15) is 0 Å². The predicted octanol–water partition coefficient (Wildman–Crippen LogP) is 1.44. The fourth-order valence-corrected chi connectivity index (χ4v) is 0.292.